The van der Waals surface area contributed by atoms with Gasteiger partial charge in [-0.2, -0.15) is 0 Å². The third kappa shape index (κ3) is 2.12. The van der Waals surface area contributed by atoms with E-state index in [4.69, 9.17) is 5.11 Å². The maximum atomic E-state index is 11.1. The fourth-order valence-corrected chi connectivity index (χ4v) is 2.29. The lowest BCUT2D eigenvalue weighted by Crippen LogP contribution is -2.07. The second kappa shape index (κ2) is 5.05. The first-order valence-electron chi connectivity index (χ1n) is 5.49. The Bertz CT molecular complexity index is 607. The van der Waals surface area contributed by atoms with Gasteiger partial charge in [0, 0.05) is 3.57 Å². The average molecular weight is 357 g/mol. The topological polar surface area (TPSA) is 68.0 Å². The predicted molar refractivity (Wildman–Crippen MR) is 75.2 cm³/mol. The Labute approximate surface area is 118 Å². The van der Waals surface area contributed by atoms with Crippen LogP contribution in [0, 0.1) is 10.5 Å². The van der Waals surface area contributed by atoms with Crippen LogP contribution in [0.15, 0.2) is 18.2 Å². The fraction of sp³-hybridized carbons (Fsp3) is 0.250. The largest absolute Gasteiger partial charge is 0.476 e. The summed E-state index contributed by atoms with van der Waals surface area (Å²) >= 11 is 2.24. The van der Waals surface area contributed by atoms with E-state index in [1.165, 1.54) is 0 Å². The molecule has 0 spiro atoms. The zero-order chi connectivity index (χ0) is 13.3. The first kappa shape index (κ1) is 13.0. The van der Waals surface area contributed by atoms with Gasteiger partial charge < -0.3 is 5.11 Å². The smallest absolute Gasteiger partial charge is 0.358 e. The van der Waals surface area contributed by atoms with Crippen LogP contribution in [0.2, 0.25) is 0 Å². The quantitative estimate of drug-likeness (QED) is 0.857. The summed E-state index contributed by atoms with van der Waals surface area (Å²) in [4.78, 5) is 11.1. The minimum absolute atomic E-state index is 0.0239. The molecule has 5 nitrogen and oxygen atoms in total. The average Bonchev–Trinajstić information content (AvgIpc) is 2.76. The number of carboxylic acids is 1. The zero-order valence-electron chi connectivity index (χ0n) is 10.0. The van der Waals surface area contributed by atoms with E-state index >= 15 is 0 Å². The second-order valence-corrected chi connectivity index (χ2v) is 5.00. The number of aromatic carboxylic acids is 1. The molecule has 0 bridgehead atoms. The van der Waals surface area contributed by atoms with Crippen LogP contribution < -0.4 is 0 Å². The van der Waals surface area contributed by atoms with E-state index in [1.807, 2.05) is 32.0 Å². The van der Waals surface area contributed by atoms with E-state index in [1.54, 1.807) is 4.68 Å². The van der Waals surface area contributed by atoms with Crippen molar-refractivity contribution in [1.82, 2.24) is 15.0 Å². The first-order chi connectivity index (χ1) is 8.56. The number of carboxylic acid groups (broad SMARTS) is 1. The Morgan fingerprint density at radius 3 is 2.83 bits per heavy atom. The summed E-state index contributed by atoms with van der Waals surface area (Å²) in [5.74, 6) is -1.04. The molecule has 0 aliphatic heterocycles. The third-order valence-electron chi connectivity index (χ3n) is 2.77. The standard InChI is InChI=1S/C12H12IN3O2/c1-3-9-11(12(17)18)14-15-16(9)10-6-4-5-8(13)7(10)2/h4-6H,3H2,1-2H3,(H,17,18). The van der Waals surface area contributed by atoms with E-state index in [2.05, 4.69) is 32.9 Å². The van der Waals surface area contributed by atoms with Crippen LogP contribution in [0.5, 0.6) is 0 Å². The number of nitrogens with zero attached hydrogens (tertiary/aromatic N) is 3. The van der Waals surface area contributed by atoms with Gasteiger partial charge in [0.2, 0.25) is 0 Å². The SMILES string of the molecule is CCc1c(C(=O)O)nnn1-c1cccc(I)c1C. The molecule has 0 radical (unpaired) electrons. The maximum Gasteiger partial charge on any atom is 0.358 e. The van der Waals surface area contributed by atoms with Crippen molar-refractivity contribution in [3.63, 3.8) is 0 Å². The Kier molecular flexibility index (Phi) is 3.65. The maximum absolute atomic E-state index is 11.1. The molecule has 1 N–H and O–H groups in total. The Balaban J connectivity index is 2.65. The number of carbonyl (C=O) groups is 1. The molecule has 0 atom stereocenters. The molecule has 0 fully saturated rings. The molecule has 2 rings (SSSR count). The van der Waals surface area contributed by atoms with E-state index in [9.17, 15) is 4.79 Å². The van der Waals surface area contributed by atoms with Gasteiger partial charge in [-0.05, 0) is 53.6 Å². The predicted octanol–water partition coefficient (Wildman–Crippen LogP) is 2.44. The summed E-state index contributed by atoms with van der Waals surface area (Å²) in [6, 6.07) is 5.84. The molecule has 94 valence electrons. The van der Waals surface area contributed by atoms with Gasteiger partial charge in [0.1, 0.15) is 0 Å². The highest BCUT2D eigenvalue weighted by molar-refractivity contribution is 14.1. The summed E-state index contributed by atoms with van der Waals surface area (Å²) in [7, 11) is 0. The molecule has 1 aromatic carbocycles. The summed E-state index contributed by atoms with van der Waals surface area (Å²) in [6.45, 7) is 3.88. The molecule has 0 aliphatic carbocycles. The van der Waals surface area contributed by atoms with Crippen molar-refractivity contribution < 1.29 is 9.90 Å². The second-order valence-electron chi connectivity index (χ2n) is 3.84. The zero-order valence-corrected chi connectivity index (χ0v) is 12.2. The molecule has 1 heterocycles. The molecule has 0 saturated heterocycles. The van der Waals surface area contributed by atoms with Crippen molar-refractivity contribution in [3.8, 4) is 5.69 Å². The van der Waals surface area contributed by atoms with Gasteiger partial charge in [-0.1, -0.05) is 18.2 Å². The lowest BCUT2D eigenvalue weighted by atomic mass is 10.2. The monoisotopic (exact) mass is 357 g/mol. The molecular formula is C12H12IN3O2. The minimum Gasteiger partial charge on any atom is -0.476 e. The van der Waals surface area contributed by atoms with E-state index in [0.717, 1.165) is 14.8 Å². The number of rotatable bonds is 3. The molecule has 0 amide bonds. The summed E-state index contributed by atoms with van der Waals surface area (Å²) in [5.41, 5.74) is 2.58. The number of aromatic nitrogens is 3. The fourth-order valence-electron chi connectivity index (χ4n) is 1.80. The Morgan fingerprint density at radius 2 is 2.22 bits per heavy atom. The molecule has 6 heteroatoms. The van der Waals surface area contributed by atoms with Gasteiger partial charge in [-0.3, -0.25) is 0 Å². The van der Waals surface area contributed by atoms with Crippen LogP contribution in [0.3, 0.4) is 0 Å². The van der Waals surface area contributed by atoms with Gasteiger partial charge in [-0.15, -0.1) is 5.10 Å². The lowest BCUT2D eigenvalue weighted by molar-refractivity contribution is 0.0689. The molecule has 2 aromatic rings. The van der Waals surface area contributed by atoms with E-state index in [0.29, 0.717) is 12.1 Å². The van der Waals surface area contributed by atoms with Crippen LogP contribution in [0.4, 0.5) is 0 Å². The van der Waals surface area contributed by atoms with Crippen LogP contribution in [-0.2, 0) is 6.42 Å². The molecular weight excluding hydrogens is 345 g/mol. The van der Waals surface area contributed by atoms with Crippen molar-refractivity contribution in [2.45, 2.75) is 20.3 Å². The Morgan fingerprint density at radius 1 is 1.50 bits per heavy atom. The summed E-state index contributed by atoms with van der Waals surface area (Å²) in [6.07, 6.45) is 0.569. The van der Waals surface area contributed by atoms with Crippen molar-refractivity contribution >= 4 is 28.6 Å². The molecule has 0 aliphatic rings. The van der Waals surface area contributed by atoms with Crippen molar-refractivity contribution in [3.05, 3.63) is 38.7 Å². The van der Waals surface area contributed by atoms with Gasteiger partial charge in [-0.25, -0.2) is 9.48 Å². The van der Waals surface area contributed by atoms with Crippen LogP contribution in [0.1, 0.15) is 28.7 Å². The lowest BCUT2D eigenvalue weighted by Gasteiger charge is -2.09. The number of hydrogen-bond donors (Lipinski definition) is 1. The van der Waals surface area contributed by atoms with Gasteiger partial charge in [0.15, 0.2) is 5.69 Å². The van der Waals surface area contributed by atoms with Gasteiger partial charge >= 0.3 is 5.97 Å². The first-order valence-corrected chi connectivity index (χ1v) is 6.57. The van der Waals surface area contributed by atoms with Crippen molar-refractivity contribution in [2.24, 2.45) is 0 Å². The number of halogens is 1. The van der Waals surface area contributed by atoms with Gasteiger partial charge in [0.25, 0.3) is 0 Å². The molecule has 1 aromatic heterocycles. The minimum atomic E-state index is -1.04. The van der Waals surface area contributed by atoms with Crippen LogP contribution >= 0.6 is 22.6 Å². The molecule has 0 unspecified atom stereocenters. The van der Waals surface area contributed by atoms with Crippen LogP contribution in [-0.4, -0.2) is 26.1 Å². The Hall–Kier alpha value is -1.44. The number of benzene rings is 1. The highest BCUT2D eigenvalue weighted by atomic mass is 127. The summed E-state index contributed by atoms with van der Waals surface area (Å²) < 4.78 is 2.72. The van der Waals surface area contributed by atoms with Crippen LogP contribution in [0.25, 0.3) is 5.69 Å². The van der Waals surface area contributed by atoms with Crippen molar-refractivity contribution in [2.75, 3.05) is 0 Å². The molecule has 18 heavy (non-hydrogen) atoms. The van der Waals surface area contributed by atoms with Gasteiger partial charge in [0.05, 0.1) is 11.4 Å². The molecule has 0 saturated carbocycles. The number of hydrogen-bond acceptors (Lipinski definition) is 3. The third-order valence-corrected chi connectivity index (χ3v) is 3.94. The van der Waals surface area contributed by atoms with E-state index < -0.39 is 5.97 Å². The summed E-state index contributed by atoms with van der Waals surface area (Å²) in [5, 5.41) is 16.8. The normalized spacial score (nSPS) is 10.6. The van der Waals surface area contributed by atoms with E-state index in [-0.39, 0.29) is 5.69 Å². The van der Waals surface area contributed by atoms with Crippen molar-refractivity contribution in [1.29, 1.82) is 0 Å². The highest BCUT2D eigenvalue weighted by Gasteiger charge is 2.19. The highest BCUT2D eigenvalue weighted by Crippen LogP contribution is 2.21.